The minimum Gasteiger partial charge on any atom is -0.312 e. The van der Waals surface area contributed by atoms with Crippen LogP contribution in [-0.4, -0.2) is 36.6 Å². The summed E-state index contributed by atoms with van der Waals surface area (Å²) in [5, 5.41) is 3.69. The minimum atomic E-state index is 0.841. The predicted molar refractivity (Wildman–Crippen MR) is 69.7 cm³/mol. The van der Waals surface area contributed by atoms with Crippen molar-refractivity contribution >= 4 is 0 Å². The van der Waals surface area contributed by atoms with Crippen LogP contribution in [-0.2, 0) is 0 Å². The fourth-order valence-electron chi connectivity index (χ4n) is 2.71. The number of rotatable bonds is 7. The number of hydrogen-bond acceptors (Lipinski definition) is 2. The second-order valence-corrected chi connectivity index (χ2v) is 6.05. The fraction of sp³-hybridized carbons (Fsp3) is 1.00. The standard InChI is InChI=1S/C14H28N2/c1-12(2)5-3-9-16-10-4-6-14(16)11-15-13-7-8-13/h12-15H,3-11H2,1-2H3. The van der Waals surface area contributed by atoms with Gasteiger partial charge in [-0.15, -0.1) is 0 Å². The first-order chi connectivity index (χ1) is 7.75. The second-order valence-electron chi connectivity index (χ2n) is 6.05. The van der Waals surface area contributed by atoms with Gasteiger partial charge in [-0.2, -0.15) is 0 Å². The molecule has 1 saturated heterocycles. The Morgan fingerprint density at radius 1 is 1.25 bits per heavy atom. The van der Waals surface area contributed by atoms with Crippen molar-refractivity contribution in [3.63, 3.8) is 0 Å². The zero-order valence-corrected chi connectivity index (χ0v) is 11.0. The average Bonchev–Trinajstić information content (AvgIpc) is 2.96. The van der Waals surface area contributed by atoms with Crippen molar-refractivity contribution in [1.82, 2.24) is 10.2 Å². The molecule has 0 amide bonds. The molecule has 2 aliphatic rings. The quantitative estimate of drug-likeness (QED) is 0.715. The molecule has 0 aromatic carbocycles. The molecule has 1 saturated carbocycles. The largest absolute Gasteiger partial charge is 0.312 e. The first-order valence-electron chi connectivity index (χ1n) is 7.23. The lowest BCUT2D eigenvalue weighted by Crippen LogP contribution is -2.39. The zero-order chi connectivity index (χ0) is 11.4. The number of nitrogens with zero attached hydrogens (tertiary/aromatic N) is 1. The van der Waals surface area contributed by atoms with Crippen molar-refractivity contribution in [2.75, 3.05) is 19.6 Å². The maximum absolute atomic E-state index is 3.69. The highest BCUT2D eigenvalue weighted by Crippen LogP contribution is 2.22. The fourth-order valence-corrected chi connectivity index (χ4v) is 2.71. The predicted octanol–water partition coefficient (Wildman–Crippen LogP) is 2.64. The molecule has 1 aliphatic heterocycles. The average molecular weight is 224 g/mol. The summed E-state index contributed by atoms with van der Waals surface area (Å²) in [4.78, 5) is 2.72. The Hall–Kier alpha value is -0.0800. The van der Waals surface area contributed by atoms with Crippen molar-refractivity contribution in [3.8, 4) is 0 Å². The highest BCUT2D eigenvalue weighted by Gasteiger charge is 2.27. The first-order valence-corrected chi connectivity index (χ1v) is 7.23. The van der Waals surface area contributed by atoms with E-state index in [0.29, 0.717) is 0 Å². The molecule has 2 heteroatoms. The Bertz CT molecular complexity index is 199. The number of nitrogens with one attached hydrogen (secondary N) is 1. The first kappa shape index (κ1) is 12.4. The van der Waals surface area contributed by atoms with Gasteiger partial charge < -0.3 is 5.32 Å². The van der Waals surface area contributed by atoms with E-state index in [2.05, 4.69) is 24.1 Å². The van der Waals surface area contributed by atoms with Crippen molar-refractivity contribution in [1.29, 1.82) is 0 Å². The monoisotopic (exact) mass is 224 g/mol. The van der Waals surface area contributed by atoms with Gasteiger partial charge in [-0.3, -0.25) is 4.90 Å². The molecule has 2 nitrogen and oxygen atoms in total. The van der Waals surface area contributed by atoms with Crippen LogP contribution in [0.25, 0.3) is 0 Å². The van der Waals surface area contributed by atoms with Crippen molar-refractivity contribution in [2.45, 2.75) is 64.5 Å². The SMILES string of the molecule is CC(C)CCCN1CCCC1CNC1CC1. The van der Waals surface area contributed by atoms with Gasteiger partial charge >= 0.3 is 0 Å². The van der Waals surface area contributed by atoms with E-state index in [4.69, 9.17) is 0 Å². The normalized spacial score (nSPS) is 26.8. The summed E-state index contributed by atoms with van der Waals surface area (Å²) < 4.78 is 0. The molecule has 94 valence electrons. The Balaban J connectivity index is 1.61. The summed E-state index contributed by atoms with van der Waals surface area (Å²) in [6, 6.07) is 1.71. The molecule has 0 bridgehead atoms. The van der Waals surface area contributed by atoms with Gasteiger partial charge in [0.1, 0.15) is 0 Å². The Morgan fingerprint density at radius 2 is 2.06 bits per heavy atom. The maximum atomic E-state index is 3.69. The third-order valence-corrected chi connectivity index (χ3v) is 3.95. The van der Waals surface area contributed by atoms with E-state index in [1.165, 1.54) is 58.2 Å². The maximum Gasteiger partial charge on any atom is 0.0221 e. The molecule has 1 atom stereocenters. The summed E-state index contributed by atoms with van der Waals surface area (Å²) in [6.07, 6.45) is 8.44. The molecule has 1 aliphatic carbocycles. The van der Waals surface area contributed by atoms with Crippen molar-refractivity contribution in [3.05, 3.63) is 0 Å². The van der Waals surface area contributed by atoms with E-state index in [-0.39, 0.29) is 0 Å². The topological polar surface area (TPSA) is 15.3 Å². The van der Waals surface area contributed by atoms with E-state index in [0.717, 1.165) is 18.0 Å². The van der Waals surface area contributed by atoms with Gasteiger partial charge in [0.05, 0.1) is 0 Å². The highest BCUT2D eigenvalue weighted by atomic mass is 15.2. The molecule has 0 aromatic rings. The van der Waals surface area contributed by atoms with E-state index < -0.39 is 0 Å². The third kappa shape index (κ3) is 4.06. The van der Waals surface area contributed by atoms with E-state index in [1.54, 1.807) is 0 Å². The van der Waals surface area contributed by atoms with Gasteiger partial charge in [0.2, 0.25) is 0 Å². The van der Waals surface area contributed by atoms with Crippen molar-refractivity contribution < 1.29 is 0 Å². The molecule has 1 N–H and O–H groups in total. The van der Waals surface area contributed by atoms with Gasteiger partial charge in [0.25, 0.3) is 0 Å². The number of hydrogen-bond donors (Lipinski definition) is 1. The molecule has 2 fully saturated rings. The Kier molecular flexibility index (Phi) is 4.66. The lowest BCUT2D eigenvalue weighted by molar-refractivity contribution is 0.238. The molecular formula is C14H28N2. The van der Waals surface area contributed by atoms with Crippen LogP contribution in [0.2, 0.25) is 0 Å². The molecule has 0 radical (unpaired) electrons. The van der Waals surface area contributed by atoms with Crippen molar-refractivity contribution in [2.24, 2.45) is 5.92 Å². The minimum absolute atomic E-state index is 0.841. The summed E-state index contributed by atoms with van der Waals surface area (Å²) in [5.74, 6) is 0.866. The van der Waals surface area contributed by atoms with Crippen LogP contribution in [0, 0.1) is 5.92 Å². The molecular weight excluding hydrogens is 196 g/mol. The molecule has 0 spiro atoms. The summed E-state index contributed by atoms with van der Waals surface area (Å²) >= 11 is 0. The van der Waals surface area contributed by atoms with Crippen LogP contribution in [0.5, 0.6) is 0 Å². The van der Waals surface area contributed by atoms with E-state index >= 15 is 0 Å². The van der Waals surface area contributed by atoms with Crippen LogP contribution in [0.15, 0.2) is 0 Å². The second kappa shape index (κ2) is 6.02. The summed E-state index contributed by atoms with van der Waals surface area (Å²) in [7, 11) is 0. The molecule has 1 unspecified atom stereocenters. The highest BCUT2D eigenvalue weighted by molar-refractivity contribution is 4.86. The van der Waals surface area contributed by atoms with Crippen LogP contribution in [0.1, 0.15) is 52.4 Å². The summed E-state index contributed by atoms with van der Waals surface area (Å²) in [6.45, 7) is 8.57. The van der Waals surface area contributed by atoms with Crippen LogP contribution >= 0.6 is 0 Å². The van der Waals surface area contributed by atoms with Gasteiger partial charge in [-0.05, 0) is 57.5 Å². The van der Waals surface area contributed by atoms with Gasteiger partial charge in [0.15, 0.2) is 0 Å². The molecule has 16 heavy (non-hydrogen) atoms. The third-order valence-electron chi connectivity index (χ3n) is 3.95. The van der Waals surface area contributed by atoms with Gasteiger partial charge in [-0.25, -0.2) is 0 Å². The van der Waals surface area contributed by atoms with E-state index in [9.17, 15) is 0 Å². The lowest BCUT2D eigenvalue weighted by atomic mass is 10.1. The molecule has 0 aromatic heterocycles. The van der Waals surface area contributed by atoms with Crippen LogP contribution in [0.4, 0.5) is 0 Å². The van der Waals surface area contributed by atoms with E-state index in [1.807, 2.05) is 0 Å². The van der Waals surface area contributed by atoms with Gasteiger partial charge in [0, 0.05) is 18.6 Å². The van der Waals surface area contributed by atoms with Crippen LogP contribution < -0.4 is 5.32 Å². The lowest BCUT2D eigenvalue weighted by Gasteiger charge is -2.25. The summed E-state index contributed by atoms with van der Waals surface area (Å²) in [5.41, 5.74) is 0. The molecule has 2 rings (SSSR count). The van der Waals surface area contributed by atoms with Gasteiger partial charge in [-0.1, -0.05) is 13.8 Å². The Labute approximate surface area is 101 Å². The smallest absolute Gasteiger partial charge is 0.0221 e. The molecule has 1 heterocycles. The zero-order valence-electron chi connectivity index (χ0n) is 11.0. The number of likely N-dealkylation sites (tertiary alicyclic amines) is 1. The Morgan fingerprint density at radius 3 is 2.75 bits per heavy atom. The van der Waals surface area contributed by atoms with Crippen LogP contribution in [0.3, 0.4) is 0 Å².